The van der Waals surface area contributed by atoms with Crippen LogP contribution in [0.2, 0.25) is 0 Å². The smallest absolute Gasteiger partial charge is 0.194 e. The van der Waals surface area contributed by atoms with Crippen molar-refractivity contribution < 1.29 is 0 Å². The van der Waals surface area contributed by atoms with Gasteiger partial charge in [0.25, 0.3) is 0 Å². The lowest BCUT2D eigenvalue weighted by Gasteiger charge is -2.62. The summed E-state index contributed by atoms with van der Waals surface area (Å²) in [5.74, 6) is 1.08. The number of hydrogen-bond acceptors (Lipinski definition) is 3. The van der Waals surface area contributed by atoms with Crippen molar-refractivity contribution in [3.8, 4) is 0 Å². The van der Waals surface area contributed by atoms with Crippen LogP contribution in [0.15, 0.2) is 4.99 Å². The van der Waals surface area contributed by atoms with Crippen LogP contribution in [0, 0.1) is 5.41 Å². The maximum absolute atomic E-state index is 4.97. The number of piperazine rings is 1. The molecule has 0 aromatic heterocycles. The molecule has 2 rings (SSSR count). The first-order valence-electron chi connectivity index (χ1n) is 9.17. The van der Waals surface area contributed by atoms with E-state index >= 15 is 0 Å². The van der Waals surface area contributed by atoms with Crippen LogP contribution in [0.4, 0.5) is 0 Å². The van der Waals surface area contributed by atoms with Crippen LogP contribution in [-0.4, -0.2) is 85.1 Å². The SMILES string of the molecule is CCNC(=NCC(C)N1CCN(C)CC1)N1CC(C)(C)C1(C)C. The van der Waals surface area contributed by atoms with Gasteiger partial charge < -0.3 is 15.1 Å². The van der Waals surface area contributed by atoms with E-state index < -0.39 is 0 Å². The average Bonchev–Trinajstić information content (AvgIpc) is 2.49. The van der Waals surface area contributed by atoms with E-state index in [0.717, 1.165) is 38.7 Å². The van der Waals surface area contributed by atoms with E-state index in [1.807, 2.05) is 0 Å². The van der Waals surface area contributed by atoms with E-state index in [2.05, 4.69) is 68.6 Å². The zero-order chi connectivity index (χ0) is 17.3. The van der Waals surface area contributed by atoms with Gasteiger partial charge in [0.15, 0.2) is 5.96 Å². The van der Waals surface area contributed by atoms with Gasteiger partial charge in [-0.2, -0.15) is 0 Å². The summed E-state index contributed by atoms with van der Waals surface area (Å²) in [7, 11) is 2.21. The van der Waals surface area contributed by atoms with Crippen molar-refractivity contribution in [1.29, 1.82) is 0 Å². The van der Waals surface area contributed by atoms with E-state index in [1.165, 1.54) is 13.1 Å². The van der Waals surface area contributed by atoms with Gasteiger partial charge in [-0.15, -0.1) is 0 Å². The third-order valence-corrected chi connectivity index (χ3v) is 6.14. The molecule has 23 heavy (non-hydrogen) atoms. The topological polar surface area (TPSA) is 34.1 Å². The van der Waals surface area contributed by atoms with Crippen LogP contribution >= 0.6 is 0 Å². The maximum atomic E-state index is 4.97. The monoisotopic (exact) mass is 323 g/mol. The Bertz CT molecular complexity index is 421. The highest BCUT2D eigenvalue weighted by Crippen LogP contribution is 2.46. The molecule has 0 amide bonds. The fraction of sp³-hybridized carbons (Fsp3) is 0.944. The molecule has 0 radical (unpaired) electrons. The second-order valence-electron chi connectivity index (χ2n) is 8.41. The minimum absolute atomic E-state index is 0.158. The zero-order valence-corrected chi connectivity index (χ0v) is 16.3. The van der Waals surface area contributed by atoms with Crippen molar-refractivity contribution in [2.45, 2.75) is 53.1 Å². The molecule has 1 unspecified atom stereocenters. The quantitative estimate of drug-likeness (QED) is 0.631. The predicted molar refractivity (Wildman–Crippen MR) is 99.1 cm³/mol. The number of nitrogens with zero attached hydrogens (tertiary/aromatic N) is 4. The Hall–Kier alpha value is -0.810. The number of guanidine groups is 1. The van der Waals surface area contributed by atoms with Crippen molar-refractivity contribution in [3.63, 3.8) is 0 Å². The van der Waals surface area contributed by atoms with Gasteiger partial charge in [-0.3, -0.25) is 9.89 Å². The van der Waals surface area contributed by atoms with Gasteiger partial charge in [0.2, 0.25) is 0 Å². The fourth-order valence-corrected chi connectivity index (χ4v) is 3.39. The van der Waals surface area contributed by atoms with Crippen molar-refractivity contribution in [1.82, 2.24) is 20.0 Å². The Labute approximate surface area is 143 Å². The van der Waals surface area contributed by atoms with Gasteiger partial charge in [-0.05, 0) is 34.7 Å². The van der Waals surface area contributed by atoms with E-state index in [1.54, 1.807) is 0 Å². The summed E-state index contributed by atoms with van der Waals surface area (Å²) < 4.78 is 0. The molecule has 1 N–H and O–H groups in total. The molecule has 2 heterocycles. The second-order valence-corrected chi connectivity index (χ2v) is 8.41. The van der Waals surface area contributed by atoms with Crippen LogP contribution in [0.1, 0.15) is 41.5 Å². The van der Waals surface area contributed by atoms with Gasteiger partial charge in [0, 0.05) is 56.3 Å². The van der Waals surface area contributed by atoms with E-state index in [4.69, 9.17) is 4.99 Å². The Morgan fingerprint density at radius 3 is 2.22 bits per heavy atom. The second kappa shape index (κ2) is 6.98. The minimum Gasteiger partial charge on any atom is -0.356 e. The minimum atomic E-state index is 0.158. The molecule has 1 atom stereocenters. The number of rotatable bonds is 4. The first kappa shape index (κ1) is 18.5. The largest absolute Gasteiger partial charge is 0.356 e. The molecule has 134 valence electrons. The molecule has 5 nitrogen and oxygen atoms in total. The van der Waals surface area contributed by atoms with Crippen molar-refractivity contribution >= 4 is 5.96 Å². The Kier molecular flexibility index (Phi) is 5.62. The molecule has 0 aliphatic carbocycles. The molecule has 2 aliphatic heterocycles. The van der Waals surface area contributed by atoms with Crippen LogP contribution in [0.5, 0.6) is 0 Å². The number of hydrogen-bond donors (Lipinski definition) is 1. The Morgan fingerprint density at radius 2 is 1.74 bits per heavy atom. The van der Waals surface area contributed by atoms with Crippen molar-refractivity contribution in [2.75, 3.05) is 52.9 Å². The lowest BCUT2D eigenvalue weighted by molar-refractivity contribution is -0.0668. The van der Waals surface area contributed by atoms with E-state index in [9.17, 15) is 0 Å². The number of likely N-dealkylation sites (tertiary alicyclic amines) is 1. The van der Waals surface area contributed by atoms with Gasteiger partial charge in [0.05, 0.1) is 6.54 Å². The summed E-state index contributed by atoms with van der Waals surface area (Å²) in [6.07, 6.45) is 0. The van der Waals surface area contributed by atoms with Crippen LogP contribution in [-0.2, 0) is 0 Å². The van der Waals surface area contributed by atoms with Gasteiger partial charge in [0.1, 0.15) is 0 Å². The Morgan fingerprint density at radius 1 is 1.13 bits per heavy atom. The van der Waals surface area contributed by atoms with Gasteiger partial charge in [-0.25, -0.2) is 0 Å². The van der Waals surface area contributed by atoms with Crippen LogP contribution in [0.3, 0.4) is 0 Å². The van der Waals surface area contributed by atoms with Crippen molar-refractivity contribution in [3.05, 3.63) is 0 Å². The summed E-state index contributed by atoms with van der Waals surface area (Å²) in [5, 5.41) is 3.49. The van der Waals surface area contributed by atoms with Crippen LogP contribution < -0.4 is 5.32 Å². The molecule has 0 aromatic rings. The highest BCUT2D eigenvalue weighted by Gasteiger charge is 2.53. The normalized spacial score (nSPS) is 26.7. The molecule has 2 fully saturated rings. The lowest BCUT2D eigenvalue weighted by Crippen LogP contribution is -2.72. The fourth-order valence-electron chi connectivity index (χ4n) is 3.39. The van der Waals surface area contributed by atoms with E-state index in [-0.39, 0.29) is 5.54 Å². The number of nitrogens with one attached hydrogen (secondary N) is 1. The zero-order valence-electron chi connectivity index (χ0n) is 16.3. The predicted octanol–water partition coefficient (Wildman–Crippen LogP) is 1.71. The first-order chi connectivity index (χ1) is 10.7. The van der Waals surface area contributed by atoms with Crippen LogP contribution in [0.25, 0.3) is 0 Å². The average molecular weight is 324 g/mol. The summed E-state index contributed by atoms with van der Waals surface area (Å²) in [6.45, 7) is 21.3. The van der Waals surface area contributed by atoms with Gasteiger partial charge in [-0.1, -0.05) is 13.8 Å². The summed E-state index contributed by atoms with van der Waals surface area (Å²) >= 11 is 0. The van der Waals surface area contributed by atoms with E-state index in [0.29, 0.717) is 11.5 Å². The third-order valence-electron chi connectivity index (χ3n) is 6.14. The summed E-state index contributed by atoms with van der Waals surface area (Å²) in [6, 6.07) is 0.509. The standard InChI is InChI=1S/C18H37N5/c1-8-19-16(23-14-17(3,4)18(23,5)6)20-13-15(2)22-11-9-21(7)10-12-22/h15H,8-14H2,1-7H3,(H,19,20). The molecule has 0 saturated carbocycles. The molecular weight excluding hydrogens is 286 g/mol. The van der Waals surface area contributed by atoms with Gasteiger partial charge >= 0.3 is 0 Å². The molecule has 5 heteroatoms. The molecule has 0 bridgehead atoms. The third kappa shape index (κ3) is 3.82. The molecular formula is C18H37N5. The molecule has 0 aromatic carbocycles. The molecule has 0 spiro atoms. The summed E-state index contributed by atoms with van der Waals surface area (Å²) in [5.41, 5.74) is 0.497. The Balaban J connectivity index is 1.97. The highest BCUT2D eigenvalue weighted by molar-refractivity contribution is 5.82. The number of aliphatic imine (C=N–C) groups is 1. The summed E-state index contributed by atoms with van der Waals surface area (Å²) in [4.78, 5) is 12.4. The first-order valence-corrected chi connectivity index (χ1v) is 9.17. The number of likely N-dealkylation sites (N-methyl/N-ethyl adjacent to an activating group) is 1. The molecule has 2 aliphatic rings. The molecule has 2 saturated heterocycles. The van der Waals surface area contributed by atoms with Crippen molar-refractivity contribution in [2.24, 2.45) is 10.4 Å². The lowest BCUT2D eigenvalue weighted by atomic mass is 9.65. The maximum Gasteiger partial charge on any atom is 0.194 e. The highest BCUT2D eigenvalue weighted by atomic mass is 15.4.